The Labute approximate surface area is 332 Å². The van der Waals surface area contributed by atoms with E-state index >= 15 is 0 Å². The van der Waals surface area contributed by atoms with Gasteiger partial charge in [0.2, 0.25) is 11.8 Å². The van der Waals surface area contributed by atoms with Gasteiger partial charge in [-0.2, -0.15) is 0 Å². The second-order valence-electron chi connectivity index (χ2n) is 15.2. The molecule has 3 N–H and O–H groups in total. The molecule has 0 spiro atoms. The van der Waals surface area contributed by atoms with E-state index in [4.69, 9.17) is 24.4 Å². The Morgan fingerprint density at radius 2 is 1.39 bits per heavy atom. The predicted octanol–water partition coefficient (Wildman–Crippen LogP) is 8.02. The van der Waals surface area contributed by atoms with Crippen LogP contribution in [0.25, 0.3) is 0 Å². The minimum Gasteiger partial charge on any atom is -0.497 e. The lowest BCUT2D eigenvalue weighted by Crippen LogP contribution is -2.46. The van der Waals surface area contributed by atoms with Crippen LogP contribution in [0.2, 0.25) is 18.1 Å². The average Bonchev–Trinajstić information content (AvgIpc) is 3.58. The molecule has 0 saturated carbocycles. The Morgan fingerprint density at radius 1 is 0.833 bits per heavy atom. The van der Waals surface area contributed by atoms with Crippen LogP contribution in [0.5, 0.6) is 11.5 Å². The van der Waals surface area contributed by atoms with Crippen molar-refractivity contribution in [3.05, 3.63) is 95.6 Å². The number of carbonyl (C=O) groups excluding carboxylic acids is 2. The zero-order valence-electron chi connectivity index (χ0n) is 33.2. The van der Waals surface area contributed by atoms with Crippen LogP contribution in [-0.4, -0.2) is 89.1 Å². The summed E-state index contributed by atoms with van der Waals surface area (Å²) in [6.45, 7) is 13.4. The fourth-order valence-corrected chi connectivity index (χ4v) is 9.22. The van der Waals surface area contributed by atoms with Gasteiger partial charge in [0.05, 0.1) is 33.0 Å². The van der Waals surface area contributed by atoms with Crippen molar-refractivity contribution in [2.24, 2.45) is 5.73 Å². The fraction of sp³-hybridized carbons (Fsp3) is 0.524. The summed E-state index contributed by atoms with van der Waals surface area (Å²) in [6, 6.07) is 26.2. The van der Waals surface area contributed by atoms with E-state index in [2.05, 4.69) is 75.6 Å². The molecule has 3 aromatic rings. The molecule has 0 radical (unpaired) electrons. The van der Waals surface area contributed by atoms with E-state index in [0.717, 1.165) is 39.7 Å². The van der Waals surface area contributed by atoms with Gasteiger partial charge in [0.25, 0.3) is 0 Å². The first-order valence-electron chi connectivity index (χ1n) is 19.0. The van der Waals surface area contributed by atoms with Gasteiger partial charge in [-0.15, -0.1) is 0 Å². The molecule has 54 heavy (non-hydrogen) atoms. The Morgan fingerprint density at radius 3 is 1.94 bits per heavy atom. The number of benzene rings is 3. The van der Waals surface area contributed by atoms with Crippen LogP contribution >= 0.6 is 21.6 Å². The highest BCUT2D eigenvalue weighted by molar-refractivity contribution is 8.76. The molecule has 0 bridgehead atoms. The van der Waals surface area contributed by atoms with Crippen molar-refractivity contribution in [3.63, 3.8) is 0 Å². The Bertz CT molecular complexity index is 1540. The second kappa shape index (κ2) is 20.8. The van der Waals surface area contributed by atoms with E-state index in [-0.39, 0.29) is 29.0 Å². The van der Waals surface area contributed by atoms with Crippen LogP contribution in [-0.2, 0) is 24.4 Å². The first-order valence-corrected chi connectivity index (χ1v) is 24.4. The van der Waals surface area contributed by atoms with E-state index in [1.807, 2.05) is 47.4 Å². The van der Waals surface area contributed by atoms with Crippen LogP contribution in [0, 0.1) is 0 Å². The number of nitrogens with two attached hydrogens (primary N) is 1. The number of amides is 2. The third kappa shape index (κ3) is 11.8. The predicted molar refractivity (Wildman–Crippen MR) is 226 cm³/mol. The Balaban J connectivity index is 1.58. The van der Waals surface area contributed by atoms with E-state index in [1.54, 1.807) is 35.8 Å². The van der Waals surface area contributed by atoms with Crippen LogP contribution < -0.4 is 20.5 Å². The molecule has 12 heteroatoms. The van der Waals surface area contributed by atoms with Gasteiger partial charge in [-0.25, -0.2) is 0 Å². The van der Waals surface area contributed by atoms with Crippen molar-refractivity contribution in [2.75, 3.05) is 52.0 Å². The van der Waals surface area contributed by atoms with Crippen molar-refractivity contribution in [1.29, 1.82) is 0 Å². The number of nitrogens with zero attached hydrogens (tertiary/aromatic N) is 1. The van der Waals surface area contributed by atoms with E-state index in [9.17, 15) is 9.59 Å². The topological polar surface area (TPSA) is 112 Å². The summed E-state index contributed by atoms with van der Waals surface area (Å²) in [6.07, 6.45) is 2.39. The summed E-state index contributed by atoms with van der Waals surface area (Å²) in [5, 5.41) is 3.02. The molecule has 2 amide bonds. The monoisotopic (exact) mass is 795 g/mol. The molecule has 1 saturated heterocycles. The lowest BCUT2D eigenvalue weighted by atomic mass is 9.79. The molecular weight excluding hydrogens is 735 g/mol. The van der Waals surface area contributed by atoms with E-state index < -0.39 is 13.9 Å². The Kier molecular flexibility index (Phi) is 16.8. The summed E-state index contributed by atoms with van der Waals surface area (Å²) in [5.74, 6) is 3.34. The molecule has 4 rings (SSSR count). The molecule has 0 unspecified atom stereocenters. The van der Waals surface area contributed by atoms with E-state index in [1.165, 1.54) is 0 Å². The minimum absolute atomic E-state index is 0.0245. The number of nitrogens with one attached hydrogen (secondary N) is 1. The molecule has 2 atom stereocenters. The van der Waals surface area contributed by atoms with Crippen molar-refractivity contribution >= 4 is 41.7 Å². The molecule has 0 aromatic heterocycles. The van der Waals surface area contributed by atoms with Gasteiger partial charge in [-0.1, -0.05) is 97.0 Å². The zero-order valence-corrected chi connectivity index (χ0v) is 35.9. The fourth-order valence-electron chi connectivity index (χ4n) is 6.41. The van der Waals surface area contributed by atoms with Crippen LogP contribution in [0.1, 0.15) is 69.6 Å². The van der Waals surface area contributed by atoms with Crippen molar-refractivity contribution in [2.45, 2.75) is 88.8 Å². The summed E-state index contributed by atoms with van der Waals surface area (Å²) in [4.78, 5) is 28.5. The largest absolute Gasteiger partial charge is 0.497 e. The number of hydrogen-bond acceptors (Lipinski definition) is 9. The molecule has 3 aromatic carbocycles. The molecule has 9 nitrogen and oxygen atoms in total. The standard InChI is InChI=1S/C42H61N3O6S2Si/c1-41(2,3)54(6,7)50-31-35-29-38(30-45(35)40(47)16-12-11-15-39(46)44-26-28-53-52-27-25-43)51-42(32-13-9-8-10-14-32,33-17-21-36(48-4)22-18-33)34-19-23-37(49-5)24-20-34/h8-10,13-14,17-24,35,38H,11-12,15-16,25-31,43H2,1-7H3,(H,44,46)/t35-,38+/m0/s1. The molecule has 296 valence electrons. The number of likely N-dealkylation sites (tertiary alicyclic amines) is 1. The number of ether oxygens (including phenoxy) is 3. The van der Waals surface area contributed by atoms with Gasteiger partial charge in [0.15, 0.2) is 8.32 Å². The average molecular weight is 796 g/mol. The quantitative estimate of drug-likeness (QED) is 0.0479. The molecule has 1 aliphatic heterocycles. The molecule has 1 fully saturated rings. The highest BCUT2D eigenvalue weighted by atomic mass is 33.1. The van der Waals surface area contributed by atoms with Crippen LogP contribution in [0.4, 0.5) is 0 Å². The summed E-state index contributed by atoms with van der Waals surface area (Å²) in [7, 11) is 4.67. The summed E-state index contributed by atoms with van der Waals surface area (Å²) >= 11 is 0. The van der Waals surface area contributed by atoms with Gasteiger partial charge in [0, 0.05) is 44.0 Å². The molecule has 1 aliphatic rings. The third-order valence-electron chi connectivity index (χ3n) is 10.5. The second-order valence-corrected chi connectivity index (χ2v) is 22.8. The maximum absolute atomic E-state index is 14.1. The lowest BCUT2D eigenvalue weighted by Gasteiger charge is -2.38. The summed E-state index contributed by atoms with van der Waals surface area (Å²) < 4.78 is 25.3. The van der Waals surface area contributed by atoms with Crippen molar-refractivity contribution in [3.8, 4) is 11.5 Å². The van der Waals surface area contributed by atoms with E-state index in [0.29, 0.717) is 58.3 Å². The van der Waals surface area contributed by atoms with Gasteiger partial charge in [-0.3, -0.25) is 9.59 Å². The van der Waals surface area contributed by atoms with Gasteiger partial charge in [-0.05, 0) is 78.4 Å². The smallest absolute Gasteiger partial charge is 0.222 e. The number of carbonyl (C=O) groups is 2. The maximum atomic E-state index is 14.1. The summed E-state index contributed by atoms with van der Waals surface area (Å²) in [5.41, 5.74) is 7.42. The van der Waals surface area contributed by atoms with Gasteiger partial charge >= 0.3 is 0 Å². The number of methoxy groups -OCH3 is 2. The first-order chi connectivity index (χ1) is 25.8. The van der Waals surface area contributed by atoms with Crippen molar-refractivity contribution < 1.29 is 28.2 Å². The van der Waals surface area contributed by atoms with Crippen LogP contribution in [0.15, 0.2) is 78.9 Å². The highest BCUT2D eigenvalue weighted by Gasteiger charge is 2.46. The SMILES string of the molecule is COc1ccc(C(O[C@@H]2C[C@@H](CO[Si](C)(C)C(C)(C)C)N(C(=O)CCCCC(=O)NCCSSCCN)C2)(c2ccccc2)c2ccc(OC)cc2)cc1. The number of hydrogen-bond donors (Lipinski definition) is 2. The molecule has 1 heterocycles. The molecular formula is C42H61N3O6S2Si. The zero-order chi connectivity index (χ0) is 39.2. The molecule has 0 aliphatic carbocycles. The van der Waals surface area contributed by atoms with Crippen LogP contribution in [0.3, 0.4) is 0 Å². The maximum Gasteiger partial charge on any atom is 0.222 e. The third-order valence-corrected chi connectivity index (χ3v) is 17.4. The highest BCUT2D eigenvalue weighted by Crippen LogP contribution is 2.44. The van der Waals surface area contributed by atoms with Crippen molar-refractivity contribution in [1.82, 2.24) is 10.2 Å². The number of unbranched alkanes of at least 4 members (excludes halogenated alkanes) is 1. The normalized spacial score (nSPS) is 16.3. The first kappa shape index (κ1) is 43.7. The minimum atomic E-state index is -2.10. The van der Waals surface area contributed by atoms with Gasteiger partial charge in [0.1, 0.15) is 17.1 Å². The lowest BCUT2D eigenvalue weighted by molar-refractivity contribution is -0.133. The van der Waals surface area contributed by atoms with Gasteiger partial charge < -0.3 is 34.6 Å². The number of rotatable bonds is 21. The Hall–Kier alpha value is -3.00.